The Kier molecular flexibility index (Phi) is 2.55. The quantitative estimate of drug-likeness (QED) is 0.843. The minimum atomic E-state index is -0.182. The second-order valence-electron chi connectivity index (χ2n) is 6.59. The molecule has 2 nitrogen and oxygen atoms in total. The van der Waals surface area contributed by atoms with Gasteiger partial charge in [0.25, 0.3) is 0 Å². The highest BCUT2D eigenvalue weighted by atomic mass is 32.2. The highest BCUT2D eigenvalue weighted by Crippen LogP contribution is 2.69. The van der Waals surface area contributed by atoms with E-state index in [1.165, 1.54) is 22.4 Å². The molecule has 2 aromatic rings. The van der Waals surface area contributed by atoms with E-state index in [0.717, 1.165) is 13.1 Å². The molecule has 1 saturated heterocycles. The monoisotopic (exact) mass is 307 g/mol. The number of hydrogen-bond acceptors (Lipinski definition) is 2. The molecule has 1 spiro atoms. The third kappa shape index (κ3) is 1.50. The zero-order valence-electron chi connectivity index (χ0n) is 12.2. The van der Waals surface area contributed by atoms with E-state index in [4.69, 9.17) is 0 Å². The summed E-state index contributed by atoms with van der Waals surface area (Å²) in [4.78, 5) is 16.6. The van der Waals surface area contributed by atoms with E-state index in [9.17, 15) is 4.79 Å². The first-order valence-corrected chi connectivity index (χ1v) is 8.72. The molecule has 2 fully saturated rings. The van der Waals surface area contributed by atoms with Crippen molar-refractivity contribution in [3.8, 4) is 0 Å². The van der Waals surface area contributed by atoms with Gasteiger partial charge in [0.15, 0.2) is 0 Å². The summed E-state index contributed by atoms with van der Waals surface area (Å²) in [6.07, 6.45) is 1.17. The average Bonchev–Trinajstić information content (AvgIpc) is 2.91. The molecule has 3 atom stereocenters. The van der Waals surface area contributed by atoms with E-state index in [-0.39, 0.29) is 4.75 Å². The van der Waals surface area contributed by atoms with E-state index in [0.29, 0.717) is 17.7 Å². The molecule has 5 rings (SSSR count). The normalized spacial score (nSPS) is 31.5. The third-order valence-electron chi connectivity index (χ3n) is 5.50. The molecule has 0 N–H and O–H groups in total. The number of amides is 1. The van der Waals surface area contributed by atoms with Crippen molar-refractivity contribution in [2.45, 2.75) is 28.5 Å². The Morgan fingerprint density at radius 2 is 1.86 bits per heavy atom. The lowest BCUT2D eigenvalue weighted by Crippen LogP contribution is -2.51. The first-order chi connectivity index (χ1) is 10.8. The zero-order chi connectivity index (χ0) is 14.7. The van der Waals surface area contributed by atoms with Crippen molar-refractivity contribution in [1.29, 1.82) is 0 Å². The number of nitrogens with zero attached hydrogens (tertiary/aromatic N) is 1. The molecular weight excluding hydrogens is 290 g/mol. The van der Waals surface area contributed by atoms with Crippen LogP contribution in [0.1, 0.15) is 23.5 Å². The molecule has 3 aliphatic rings. The van der Waals surface area contributed by atoms with Gasteiger partial charge in [-0.15, -0.1) is 11.8 Å². The van der Waals surface area contributed by atoms with Crippen molar-refractivity contribution >= 4 is 17.7 Å². The van der Waals surface area contributed by atoms with E-state index < -0.39 is 0 Å². The van der Waals surface area contributed by atoms with Gasteiger partial charge in [0.05, 0.1) is 0 Å². The van der Waals surface area contributed by atoms with Crippen molar-refractivity contribution in [2.24, 2.45) is 5.92 Å². The molecule has 22 heavy (non-hydrogen) atoms. The standard InChI is InChI=1S/C19H17NOS/c21-18-19-14(12-20(18)11-13-6-2-1-3-7-13)10-16(19)15-8-4-5-9-17(15)22-19/h1-9,14,16H,10-12H2/t14-,16-,19-/m0/s1. The van der Waals surface area contributed by atoms with Gasteiger partial charge < -0.3 is 4.90 Å². The van der Waals surface area contributed by atoms with E-state index in [1.54, 1.807) is 0 Å². The Hall–Kier alpha value is -1.74. The molecule has 0 unspecified atom stereocenters. The minimum absolute atomic E-state index is 0.182. The summed E-state index contributed by atoms with van der Waals surface area (Å²) in [5.74, 6) is 1.32. The molecule has 0 bridgehead atoms. The van der Waals surface area contributed by atoms with E-state index >= 15 is 0 Å². The van der Waals surface area contributed by atoms with Crippen molar-refractivity contribution in [3.05, 3.63) is 65.7 Å². The fourth-order valence-corrected chi connectivity index (χ4v) is 6.19. The lowest BCUT2D eigenvalue weighted by molar-refractivity contribution is -0.131. The molecule has 1 amide bonds. The summed E-state index contributed by atoms with van der Waals surface area (Å²) in [6, 6.07) is 18.9. The van der Waals surface area contributed by atoms with Crippen LogP contribution < -0.4 is 0 Å². The topological polar surface area (TPSA) is 20.3 Å². The van der Waals surface area contributed by atoms with E-state index in [2.05, 4.69) is 41.3 Å². The second-order valence-corrected chi connectivity index (χ2v) is 7.91. The van der Waals surface area contributed by atoms with Crippen LogP contribution in [0.5, 0.6) is 0 Å². The summed E-state index contributed by atoms with van der Waals surface area (Å²) in [5.41, 5.74) is 2.63. The maximum Gasteiger partial charge on any atom is 0.240 e. The van der Waals surface area contributed by atoms with Crippen molar-refractivity contribution in [2.75, 3.05) is 6.54 Å². The van der Waals surface area contributed by atoms with Gasteiger partial charge >= 0.3 is 0 Å². The van der Waals surface area contributed by atoms with Gasteiger partial charge in [-0.05, 0) is 23.6 Å². The molecule has 2 aromatic carbocycles. The number of benzene rings is 2. The summed E-state index contributed by atoms with van der Waals surface area (Å²) in [6.45, 7) is 1.67. The summed E-state index contributed by atoms with van der Waals surface area (Å²) in [5, 5.41) is 0. The lowest BCUT2D eigenvalue weighted by Gasteiger charge is -2.44. The summed E-state index contributed by atoms with van der Waals surface area (Å²) >= 11 is 1.84. The van der Waals surface area contributed by atoms with Crippen LogP contribution in [0.2, 0.25) is 0 Å². The zero-order valence-corrected chi connectivity index (χ0v) is 13.1. The predicted octanol–water partition coefficient (Wildman–Crippen LogP) is 3.68. The van der Waals surface area contributed by atoms with Crippen molar-refractivity contribution in [1.82, 2.24) is 4.90 Å². The SMILES string of the molecule is O=C1N(Cc2ccccc2)C[C@@H]2C[C@H]3c4ccccc4S[C@@]123. The highest BCUT2D eigenvalue weighted by Gasteiger charge is 2.69. The molecular formula is C19H17NOS. The van der Waals surface area contributed by atoms with Gasteiger partial charge in [0, 0.05) is 29.8 Å². The van der Waals surface area contributed by atoms with Crippen LogP contribution >= 0.6 is 11.8 Å². The van der Waals surface area contributed by atoms with Gasteiger partial charge in [0.1, 0.15) is 4.75 Å². The maximum absolute atomic E-state index is 13.1. The van der Waals surface area contributed by atoms with Crippen LogP contribution in [0.25, 0.3) is 0 Å². The van der Waals surface area contributed by atoms with Gasteiger partial charge in [-0.1, -0.05) is 48.5 Å². The summed E-state index contributed by atoms with van der Waals surface area (Å²) < 4.78 is -0.182. The molecule has 0 radical (unpaired) electrons. The molecule has 2 heterocycles. The smallest absolute Gasteiger partial charge is 0.240 e. The van der Waals surface area contributed by atoms with Crippen molar-refractivity contribution in [3.63, 3.8) is 0 Å². The molecule has 1 aliphatic carbocycles. The second kappa shape index (κ2) is 4.39. The van der Waals surface area contributed by atoms with Crippen LogP contribution in [0.15, 0.2) is 59.5 Å². The number of likely N-dealkylation sites (tertiary alicyclic amines) is 1. The van der Waals surface area contributed by atoms with Crippen LogP contribution in [-0.2, 0) is 11.3 Å². The lowest BCUT2D eigenvalue weighted by atomic mass is 9.63. The van der Waals surface area contributed by atoms with Crippen molar-refractivity contribution < 1.29 is 4.79 Å². The molecule has 0 aromatic heterocycles. The van der Waals surface area contributed by atoms with Gasteiger partial charge in [-0.3, -0.25) is 4.79 Å². The molecule has 2 aliphatic heterocycles. The Morgan fingerprint density at radius 1 is 1.09 bits per heavy atom. The van der Waals surface area contributed by atoms with Gasteiger partial charge in [0.2, 0.25) is 5.91 Å². The first kappa shape index (κ1) is 12.8. The van der Waals surface area contributed by atoms with E-state index in [1.807, 2.05) is 30.0 Å². The van der Waals surface area contributed by atoms with Crippen LogP contribution in [0.3, 0.4) is 0 Å². The number of thioether (sulfide) groups is 1. The highest BCUT2D eigenvalue weighted by molar-refractivity contribution is 8.02. The Balaban J connectivity index is 1.46. The number of fused-ring (bicyclic) bond motifs is 2. The minimum Gasteiger partial charge on any atom is -0.337 e. The largest absolute Gasteiger partial charge is 0.337 e. The number of carbonyl (C=O) groups is 1. The Labute approximate surface area is 134 Å². The fraction of sp³-hybridized carbons (Fsp3) is 0.316. The number of carbonyl (C=O) groups excluding carboxylic acids is 1. The molecule has 3 heteroatoms. The molecule has 1 saturated carbocycles. The average molecular weight is 307 g/mol. The Bertz CT molecular complexity index is 759. The predicted molar refractivity (Wildman–Crippen MR) is 87.7 cm³/mol. The number of hydrogen-bond donors (Lipinski definition) is 0. The van der Waals surface area contributed by atoms with Crippen LogP contribution in [0.4, 0.5) is 0 Å². The third-order valence-corrected chi connectivity index (χ3v) is 7.22. The Morgan fingerprint density at radius 3 is 2.73 bits per heavy atom. The van der Waals surface area contributed by atoms with Crippen LogP contribution in [0, 0.1) is 5.92 Å². The maximum atomic E-state index is 13.1. The fourth-order valence-electron chi connectivity index (χ4n) is 4.43. The van der Waals surface area contributed by atoms with Gasteiger partial charge in [-0.25, -0.2) is 0 Å². The first-order valence-electron chi connectivity index (χ1n) is 7.90. The van der Waals surface area contributed by atoms with Gasteiger partial charge in [-0.2, -0.15) is 0 Å². The molecule has 110 valence electrons. The number of rotatable bonds is 2. The summed E-state index contributed by atoms with van der Waals surface area (Å²) in [7, 11) is 0. The van der Waals surface area contributed by atoms with Crippen LogP contribution in [-0.4, -0.2) is 22.1 Å².